The number of hydrogen-bond acceptors (Lipinski definition) is 4. The highest BCUT2D eigenvalue weighted by molar-refractivity contribution is 6.31. The number of carboxylic acid groups (broad SMARTS) is 1. The predicted octanol–water partition coefficient (Wildman–Crippen LogP) is 3.11. The SMILES string of the molecule is O=C(Cc1c(C(=O)O)[nH]c2ccc(Cl)cc12)NCc1ccc2c(c1)OCO2. The highest BCUT2D eigenvalue weighted by atomic mass is 35.5. The Labute approximate surface area is 158 Å². The number of rotatable bonds is 5. The fourth-order valence-corrected chi connectivity index (χ4v) is 3.23. The lowest BCUT2D eigenvalue weighted by Crippen LogP contribution is -2.25. The van der Waals surface area contributed by atoms with E-state index in [-0.39, 0.29) is 24.8 Å². The Morgan fingerprint density at radius 1 is 1.15 bits per heavy atom. The van der Waals surface area contributed by atoms with Crippen molar-refractivity contribution in [2.45, 2.75) is 13.0 Å². The van der Waals surface area contributed by atoms with Crippen LogP contribution in [0.1, 0.15) is 21.6 Å². The van der Waals surface area contributed by atoms with E-state index in [9.17, 15) is 14.7 Å². The first kappa shape index (κ1) is 17.2. The topological polar surface area (TPSA) is 101 Å². The molecule has 1 aliphatic heterocycles. The number of carbonyl (C=O) groups excluding carboxylic acids is 1. The van der Waals surface area contributed by atoms with Crippen molar-refractivity contribution < 1.29 is 24.2 Å². The molecule has 0 fully saturated rings. The van der Waals surface area contributed by atoms with Gasteiger partial charge in [-0.25, -0.2) is 4.79 Å². The lowest BCUT2D eigenvalue weighted by atomic mass is 10.1. The summed E-state index contributed by atoms with van der Waals surface area (Å²) < 4.78 is 10.6. The van der Waals surface area contributed by atoms with Gasteiger partial charge in [0.05, 0.1) is 6.42 Å². The van der Waals surface area contributed by atoms with E-state index in [0.29, 0.717) is 39.5 Å². The second-order valence-electron chi connectivity index (χ2n) is 6.11. The second-order valence-corrected chi connectivity index (χ2v) is 6.55. The number of hydrogen-bond donors (Lipinski definition) is 3. The first-order valence-electron chi connectivity index (χ1n) is 8.20. The summed E-state index contributed by atoms with van der Waals surface area (Å²) >= 11 is 6.02. The maximum absolute atomic E-state index is 12.4. The molecule has 0 saturated heterocycles. The highest BCUT2D eigenvalue weighted by Crippen LogP contribution is 2.32. The van der Waals surface area contributed by atoms with Crippen molar-refractivity contribution in [3.63, 3.8) is 0 Å². The Kier molecular flexibility index (Phi) is 4.37. The van der Waals surface area contributed by atoms with Crippen LogP contribution in [0.4, 0.5) is 0 Å². The fourth-order valence-electron chi connectivity index (χ4n) is 3.06. The summed E-state index contributed by atoms with van der Waals surface area (Å²) in [6.07, 6.45) is -0.0769. The maximum Gasteiger partial charge on any atom is 0.352 e. The molecule has 7 nitrogen and oxygen atoms in total. The highest BCUT2D eigenvalue weighted by Gasteiger charge is 2.20. The minimum Gasteiger partial charge on any atom is -0.477 e. The number of nitrogens with one attached hydrogen (secondary N) is 2. The van der Waals surface area contributed by atoms with Crippen LogP contribution in [0.25, 0.3) is 10.9 Å². The van der Waals surface area contributed by atoms with Gasteiger partial charge in [0.1, 0.15) is 5.69 Å². The fraction of sp³-hybridized carbons (Fsp3) is 0.158. The van der Waals surface area contributed by atoms with Gasteiger partial charge in [0.2, 0.25) is 12.7 Å². The van der Waals surface area contributed by atoms with E-state index >= 15 is 0 Å². The van der Waals surface area contributed by atoms with Crippen LogP contribution >= 0.6 is 11.6 Å². The molecule has 0 radical (unpaired) electrons. The zero-order valence-corrected chi connectivity index (χ0v) is 14.8. The molecule has 1 aliphatic rings. The monoisotopic (exact) mass is 386 g/mol. The third-order valence-electron chi connectivity index (χ3n) is 4.35. The van der Waals surface area contributed by atoms with Gasteiger partial charge in [-0.05, 0) is 35.9 Å². The first-order chi connectivity index (χ1) is 13.0. The number of amides is 1. The second kappa shape index (κ2) is 6.85. The number of aromatic carboxylic acids is 1. The van der Waals surface area contributed by atoms with E-state index in [1.807, 2.05) is 6.07 Å². The summed E-state index contributed by atoms with van der Waals surface area (Å²) in [4.78, 5) is 26.8. The molecular weight excluding hydrogens is 372 g/mol. The van der Waals surface area contributed by atoms with Crippen molar-refractivity contribution in [3.05, 3.63) is 58.2 Å². The predicted molar refractivity (Wildman–Crippen MR) is 98.4 cm³/mol. The molecule has 4 rings (SSSR count). The van der Waals surface area contributed by atoms with Crippen LogP contribution in [0, 0.1) is 0 Å². The molecule has 0 saturated carbocycles. The number of halogens is 1. The minimum atomic E-state index is -1.12. The summed E-state index contributed by atoms with van der Waals surface area (Å²) in [5.74, 6) is -0.107. The summed E-state index contributed by atoms with van der Waals surface area (Å²) in [6.45, 7) is 0.479. The van der Waals surface area contributed by atoms with E-state index in [0.717, 1.165) is 5.56 Å². The van der Waals surface area contributed by atoms with E-state index < -0.39 is 5.97 Å². The number of carboxylic acids is 1. The molecule has 0 spiro atoms. The molecule has 0 bridgehead atoms. The summed E-state index contributed by atoms with van der Waals surface area (Å²) in [7, 11) is 0. The Bertz CT molecular complexity index is 1060. The molecule has 1 amide bonds. The number of aromatic nitrogens is 1. The number of fused-ring (bicyclic) bond motifs is 2. The molecule has 0 aliphatic carbocycles. The van der Waals surface area contributed by atoms with E-state index in [4.69, 9.17) is 21.1 Å². The van der Waals surface area contributed by atoms with Crippen molar-refractivity contribution in [2.75, 3.05) is 6.79 Å². The van der Waals surface area contributed by atoms with E-state index in [1.165, 1.54) is 0 Å². The number of H-pyrrole nitrogens is 1. The molecule has 1 aromatic heterocycles. The standard InChI is InChI=1S/C19H15ClN2O5/c20-11-2-3-14-12(6-11)13(18(22-14)19(24)25)7-17(23)21-8-10-1-4-15-16(5-10)27-9-26-15/h1-6,22H,7-9H2,(H,21,23)(H,24,25). The van der Waals surface area contributed by atoms with Crippen LogP contribution in [0.2, 0.25) is 5.02 Å². The molecule has 2 heterocycles. The van der Waals surface area contributed by atoms with Gasteiger partial charge in [-0.15, -0.1) is 0 Å². The molecule has 0 atom stereocenters. The van der Waals surface area contributed by atoms with Crippen molar-refractivity contribution in [3.8, 4) is 11.5 Å². The Morgan fingerprint density at radius 2 is 1.96 bits per heavy atom. The van der Waals surface area contributed by atoms with Gasteiger partial charge in [-0.2, -0.15) is 0 Å². The zero-order valence-electron chi connectivity index (χ0n) is 14.0. The quantitative estimate of drug-likeness (QED) is 0.625. The van der Waals surface area contributed by atoms with Crippen LogP contribution in [-0.2, 0) is 17.8 Å². The van der Waals surface area contributed by atoms with Crippen LogP contribution in [0.3, 0.4) is 0 Å². The van der Waals surface area contributed by atoms with E-state index in [2.05, 4.69) is 10.3 Å². The Hall–Kier alpha value is -3.19. The molecule has 0 unspecified atom stereocenters. The van der Waals surface area contributed by atoms with Gasteiger partial charge in [0.15, 0.2) is 11.5 Å². The van der Waals surface area contributed by atoms with Gasteiger partial charge in [0.25, 0.3) is 0 Å². The molecule has 8 heteroatoms. The molecule has 3 N–H and O–H groups in total. The van der Waals surface area contributed by atoms with Gasteiger partial charge in [0, 0.05) is 28.0 Å². The van der Waals surface area contributed by atoms with Gasteiger partial charge >= 0.3 is 5.97 Å². The number of aromatic amines is 1. The van der Waals surface area contributed by atoms with Crippen molar-refractivity contribution >= 4 is 34.4 Å². The lowest BCUT2D eigenvalue weighted by Gasteiger charge is -2.07. The summed E-state index contributed by atoms with van der Waals surface area (Å²) in [5, 5.41) is 13.3. The number of ether oxygens (including phenoxy) is 2. The van der Waals surface area contributed by atoms with Crippen LogP contribution in [0.5, 0.6) is 11.5 Å². The van der Waals surface area contributed by atoms with Crippen LogP contribution < -0.4 is 14.8 Å². The van der Waals surface area contributed by atoms with Crippen molar-refractivity contribution in [1.82, 2.24) is 10.3 Å². The lowest BCUT2D eigenvalue weighted by molar-refractivity contribution is -0.120. The molecular formula is C19H15ClN2O5. The van der Waals surface area contributed by atoms with Gasteiger partial charge < -0.3 is 24.9 Å². The number of carbonyl (C=O) groups is 2. The van der Waals surface area contributed by atoms with Crippen LogP contribution in [0.15, 0.2) is 36.4 Å². The molecule has 2 aromatic carbocycles. The van der Waals surface area contributed by atoms with Gasteiger partial charge in [-0.3, -0.25) is 4.79 Å². The maximum atomic E-state index is 12.4. The molecule has 138 valence electrons. The van der Waals surface area contributed by atoms with Gasteiger partial charge in [-0.1, -0.05) is 17.7 Å². The average molecular weight is 387 g/mol. The third-order valence-corrected chi connectivity index (χ3v) is 4.58. The minimum absolute atomic E-state index is 0.00880. The Morgan fingerprint density at radius 3 is 2.78 bits per heavy atom. The smallest absolute Gasteiger partial charge is 0.352 e. The average Bonchev–Trinajstić information content (AvgIpc) is 3.24. The van der Waals surface area contributed by atoms with Crippen molar-refractivity contribution in [2.24, 2.45) is 0 Å². The normalized spacial score (nSPS) is 12.3. The number of benzene rings is 2. The summed E-state index contributed by atoms with van der Waals surface area (Å²) in [5.41, 5.74) is 1.87. The molecule has 3 aromatic rings. The van der Waals surface area contributed by atoms with E-state index in [1.54, 1.807) is 30.3 Å². The van der Waals surface area contributed by atoms with Crippen LogP contribution in [-0.4, -0.2) is 28.8 Å². The Balaban J connectivity index is 1.51. The van der Waals surface area contributed by atoms with Crippen molar-refractivity contribution in [1.29, 1.82) is 0 Å². The summed E-state index contributed by atoms with van der Waals surface area (Å²) in [6, 6.07) is 10.4. The first-order valence-corrected chi connectivity index (χ1v) is 8.57. The molecule has 27 heavy (non-hydrogen) atoms. The third kappa shape index (κ3) is 3.41. The largest absolute Gasteiger partial charge is 0.477 e. The zero-order chi connectivity index (χ0) is 19.0.